The van der Waals surface area contributed by atoms with Crippen molar-refractivity contribution in [2.75, 3.05) is 0 Å². The molecule has 0 spiro atoms. The summed E-state index contributed by atoms with van der Waals surface area (Å²) in [5.41, 5.74) is 1.85. The van der Waals surface area contributed by atoms with Gasteiger partial charge in [0.25, 0.3) is 0 Å². The van der Waals surface area contributed by atoms with Crippen molar-refractivity contribution >= 4 is 26.9 Å². The van der Waals surface area contributed by atoms with Crippen LogP contribution in [0, 0.1) is 11.7 Å². The van der Waals surface area contributed by atoms with Crippen molar-refractivity contribution in [2.24, 2.45) is 5.92 Å². The molecule has 20 heavy (non-hydrogen) atoms. The maximum Gasteiger partial charge on any atom is 0.149 e. The lowest BCUT2D eigenvalue weighted by Gasteiger charge is -2.09. The Morgan fingerprint density at radius 1 is 1.25 bits per heavy atom. The van der Waals surface area contributed by atoms with Crippen LogP contribution in [0.5, 0.6) is 0 Å². The van der Waals surface area contributed by atoms with E-state index in [0.717, 1.165) is 28.7 Å². The molecule has 0 amide bonds. The molecule has 0 unspecified atom stereocenters. The van der Waals surface area contributed by atoms with Crippen molar-refractivity contribution in [3.05, 3.63) is 33.7 Å². The Bertz CT molecular complexity index is 604. The Kier molecular flexibility index (Phi) is 4.86. The quantitative estimate of drug-likeness (QED) is 0.824. The van der Waals surface area contributed by atoms with Crippen LogP contribution in [0.1, 0.15) is 39.0 Å². The zero-order valence-electron chi connectivity index (χ0n) is 12.4. The number of rotatable bonds is 5. The highest BCUT2D eigenvalue weighted by molar-refractivity contribution is 9.10. The monoisotopic (exact) mass is 341 g/mol. The van der Waals surface area contributed by atoms with Crippen LogP contribution in [0.15, 0.2) is 21.0 Å². The second kappa shape index (κ2) is 6.27. The molecule has 4 heteroatoms. The molecule has 0 aliphatic heterocycles. The minimum atomic E-state index is -0.237. The van der Waals surface area contributed by atoms with Crippen molar-refractivity contribution < 1.29 is 8.81 Å². The molecular formula is C16H21BrFNO. The molecule has 2 nitrogen and oxygen atoms in total. The number of nitrogens with one attached hydrogen (secondary N) is 1. The summed E-state index contributed by atoms with van der Waals surface area (Å²) >= 11 is 3.39. The van der Waals surface area contributed by atoms with Gasteiger partial charge in [-0.2, -0.15) is 0 Å². The van der Waals surface area contributed by atoms with E-state index in [2.05, 4.69) is 48.9 Å². The van der Waals surface area contributed by atoms with Gasteiger partial charge in [0.05, 0.1) is 11.0 Å². The Labute approximate surface area is 127 Å². The van der Waals surface area contributed by atoms with E-state index < -0.39 is 0 Å². The Morgan fingerprint density at radius 2 is 1.95 bits per heavy atom. The van der Waals surface area contributed by atoms with E-state index in [1.54, 1.807) is 6.07 Å². The molecule has 0 bridgehead atoms. The highest BCUT2D eigenvalue weighted by atomic mass is 79.9. The maximum absolute atomic E-state index is 13.7. The van der Waals surface area contributed by atoms with Crippen LogP contribution in [-0.2, 0) is 13.0 Å². The van der Waals surface area contributed by atoms with Gasteiger partial charge in [0.2, 0.25) is 0 Å². The van der Waals surface area contributed by atoms with Crippen LogP contribution >= 0.6 is 15.9 Å². The highest BCUT2D eigenvalue weighted by Gasteiger charge is 2.18. The average Bonchev–Trinajstić information content (AvgIpc) is 2.65. The molecule has 0 saturated carbocycles. The second-order valence-corrected chi connectivity index (χ2v) is 6.76. The van der Waals surface area contributed by atoms with E-state index in [1.807, 2.05) is 0 Å². The molecule has 0 aliphatic rings. The molecule has 1 heterocycles. The second-order valence-electron chi connectivity index (χ2n) is 5.90. The smallest absolute Gasteiger partial charge is 0.149 e. The zero-order valence-corrected chi connectivity index (χ0v) is 14.0. The third-order valence-corrected chi connectivity index (χ3v) is 3.77. The van der Waals surface area contributed by atoms with Gasteiger partial charge in [-0.05, 0) is 40.4 Å². The fraction of sp³-hybridized carbons (Fsp3) is 0.500. The summed E-state index contributed by atoms with van der Waals surface area (Å²) in [6, 6.07) is 3.40. The van der Waals surface area contributed by atoms with Crippen molar-refractivity contribution in [3.8, 4) is 0 Å². The molecular weight excluding hydrogens is 321 g/mol. The van der Waals surface area contributed by atoms with Crippen LogP contribution in [0.4, 0.5) is 4.39 Å². The largest absolute Gasteiger partial charge is 0.458 e. The molecule has 110 valence electrons. The summed E-state index contributed by atoms with van der Waals surface area (Å²) < 4.78 is 20.3. The van der Waals surface area contributed by atoms with E-state index in [0.29, 0.717) is 23.0 Å². The SMILES string of the molecule is CC(C)Cc1c(CNC(C)C)oc2c(Br)cc(F)cc12. The predicted octanol–water partition coefficient (Wildman–Crippen LogP) is 5.03. The average molecular weight is 342 g/mol. The van der Waals surface area contributed by atoms with E-state index in [9.17, 15) is 4.39 Å². The number of furan rings is 1. The van der Waals surface area contributed by atoms with Gasteiger partial charge in [-0.25, -0.2) is 4.39 Å². The van der Waals surface area contributed by atoms with Crippen molar-refractivity contribution in [3.63, 3.8) is 0 Å². The summed E-state index contributed by atoms with van der Waals surface area (Å²) in [5, 5.41) is 4.25. The first-order valence-corrected chi connectivity index (χ1v) is 7.80. The lowest BCUT2D eigenvalue weighted by atomic mass is 9.99. The van der Waals surface area contributed by atoms with Crippen molar-refractivity contribution in [1.82, 2.24) is 5.32 Å². The first-order chi connectivity index (χ1) is 9.38. The Hall–Kier alpha value is -0.870. The number of fused-ring (bicyclic) bond motifs is 1. The first kappa shape index (κ1) is 15.5. The van der Waals surface area contributed by atoms with Crippen LogP contribution in [0.2, 0.25) is 0 Å². The fourth-order valence-corrected chi connectivity index (χ4v) is 2.81. The normalized spacial score (nSPS) is 12.0. The van der Waals surface area contributed by atoms with Gasteiger partial charge in [-0.3, -0.25) is 0 Å². The molecule has 1 aromatic heterocycles. The van der Waals surface area contributed by atoms with Crippen LogP contribution in [0.25, 0.3) is 11.0 Å². The summed E-state index contributed by atoms with van der Waals surface area (Å²) in [5.74, 6) is 1.17. The lowest BCUT2D eigenvalue weighted by Crippen LogP contribution is -2.22. The summed E-state index contributed by atoms with van der Waals surface area (Å²) in [6.45, 7) is 9.18. The number of hydrogen-bond donors (Lipinski definition) is 1. The summed E-state index contributed by atoms with van der Waals surface area (Å²) in [6.07, 6.45) is 0.887. The van der Waals surface area contributed by atoms with Crippen molar-refractivity contribution in [1.29, 1.82) is 0 Å². The zero-order chi connectivity index (χ0) is 14.9. The number of hydrogen-bond acceptors (Lipinski definition) is 2. The van der Waals surface area contributed by atoms with Gasteiger partial charge < -0.3 is 9.73 Å². The van der Waals surface area contributed by atoms with Crippen LogP contribution < -0.4 is 5.32 Å². The summed E-state index contributed by atoms with van der Waals surface area (Å²) in [7, 11) is 0. The number of halogens is 2. The molecule has 2 aromatic rings. The van der Waals surface area contributed by atoms with E-state index in [1.165, 1.54) is 6.07 Å². The molecule has 1 N–H and O–H groups in total. The lowest BCUT2D eigenvalue weighted by molar-refractivity contribution is 0.478. The summed E-state index contributed by atoms with van der Waals surface area (Å²) in [4.78, 5) is 0. The van der Waals surface area contributed by atoms with E-state index in [4.69, 9.17) is 4.42 Å². The van der Waals surface area contributed by atoms with Gasteiger partial charge in [0.1, 0.15) is 17.2 Å². The third kappa shape index (κ3) is 3.41. The maximum atomic E-state index is 13.7. The number of benzene rings is 1. The van der Waals surface area contributed by atoms with E-state index in [-0.39, 0.29) is 5.82 Å². The Balaban J connectivity index is 2.51. The standard InChI is InChI=1S/C16H21BrFNO/c1-9(2)5-12-13-6-11(18)7-14(17)16(13)20-15(12)8-19-10(3)4/h6-7,9-10,19H,5,8H2,1-4H3. The minimum Gasteiger partial charge on any atom is -0.458 e. The molecule has 2 rings (SSSR count). The molecule has 0 aliphatic carbocycles. The molecule has 1 aromatic carbocycles. The van der Waals surface area contributed by atoms with Crippen LogP contribution in [-0.4, -0.2) is 6.04 Å². The molecule has 0 fully saturated rings. The van der Waals surface area contributed by atoms with Crippen molar-refractivity contribution in [2.45, 2.75) is 46.7 Å². The van der Waals surface area contributed by atoms with Gasteiger partial charge >= 0.3 is 0 Å². The fourth-order valence-electron chi connectivity index (χ4n) is 2.29. The molecule has 0 atom stereocenters. The molecule has 0 radical (unpaired) electrons. The highest BCUT2D eigenvalue weighted by Crippen LogP contribution is 2.34. The minimum absolute atomic E-state index is 0.237. The van der Waals surface area contributed by atoms with Gasteiger partial charge in [0.15, 0.2) is 0 Å². The predicted molar refractivity (Wildman–Crippen MR) is 84.4 cm³/mol. The first-order valence-electron chi connectivity index (χ1n) is 7.01. The van der Waals surface area contributed by atoms with Crippen LogP contribution in [0.3, 0.4) is 0 Å². The molecule has 0 saturated heterocycles. The topological polar surface area (TPSA) is 25.2 Å². The third-order valence-electron chi connectivity index (χ3n) is 3.18. The van der Waals surface area contributed by atoms with Gasteiger partial charge in [0, 0.05) is 17.0 Å². The van der Waals surface area contributed by atoms with Gasteiger partial charge in [-0.1, -0.05) is 27.7 Å². The van der Waals surface area contributed by atoms with Gasteiger partial charge in [-0.15, -0.1) is 0 Å². The van der Waals surface area contributed by atoms with E-state index >= 15 is 0 Å². The Morgan fingerprint density at radius 3 is 2.55 bits per heavy atom.